The van der Waals surface area contributed by atoms with Gasteiger partial charge in [-0.15, -0.1) is 0 Å². The van der Waals surface area contributed by atoms with Crippen molar-refractivity contribution in [3.63, 3.8) is 0 Å². The third kappa shape index (κ3) is 6.84. The third-order valence-electron chi connectivity index (χ3n) is 2.90. The van der Waals surface area contributed by atoms with E-state index >= 15 is 0 Å². The second-order valence-electron chi connectivity index (χ2n) is 6.01. The summed E-state index contributed by atoms with van der Waals surface area (Å²) in [5.74, 6) is 0. The van der Waals surface area contributed by atoms with Crippen molar-refractivity contribution in [3.05, 3.63) is 0 Å². The Morgan fingerprint density at radius 3 is 2.00 bits per heavy atom. The Hall–Kier alpha value is -0.770. The standard InChI is InChI=1S/C14H29NO3/c1-6-8-14(11-16,9-7-2)10-15-12(17)18-13(3,4)5/h16H,6-11H2,1-5H3,(H,15,17). The summed E-state index contributed by atoms with van der Waals surface area (Å²) >= 11 is 0. The zero-order valence-corrected chi connectivity index (χ0v) is 12.5. The molecule has 0 atom stereocenters. The van der Waals surface area contributed by atoms with E-state index in [4.69, 9.17) is 4.74 Å². The van der Waals surface area contributed by atoms with E-state index in [-0.39, 0.29) is 12.0 Å². The smallest absolute Gasteiger partial charge is 0.407 e. The van der Waals surface area contributed by atoms with Gasteiger partial charge in [0.05, 0.1) is 6.61 Å². The lowest BCUT2D eigenvalue weighted by atomic mass is 9.80. The Kier molecular flexibility index (Phi) is 7.29. The van der Waals surface area contributed by atoms with Gasteiger partial charge < -0.3 is 15.2 Å². The number of carbonyl (C=O) groups is 1. The number of hydrogen-bond acceptors (Lipinski definition) is 3. The summed E-state index contributed by atoms with van der Waals surface area (Å²) in [4.78, 5) is 11.6. The molecule has 0 rings (SSSR count). The van der Waals surface area contributed by atoms with E-state index in [0.717, 1.165) is 25.7 Å². The average Bonchev–Trinajstić information content (AvgIpc) is 2.24. The molecule has 0 heterocycles. The molecule has 0 aliphatic heterocycles. The number of aliphatic hydroxyl groups excluding tert-OH is 1. The van der Waals surface area contributed by atoms with Gasteiger partial charge in [-0.1, -0.05) is 26.7 Å². The molecular formula is C14H29NO3. The Morgan fingerprint density at radius 2 is 1.67 bits per heavy atom. The zero-order valence-electron chi connectivity index (χ0n) is 12.5. The van der Waals surface area contributed by atoms with Gasteiger partial charge in [0.25, 0.3) is 0 Å². The first-order valence-corrected chi connectivity index (χ1v) is 6.86. The Morgan fingerprint density at radius 1 is 1.17 bits per heavy atom. The van der Waals surface area contributed by atoms with Crippen LogP contribution in [0.1, 0.15) is 60.3 Å². The molecule has 0 spiro atoms. The molecule has 2 N–H and O–H groups in total. The van der Waals surface area contributed by atoms with E-state index in [1.165, 1.54) is 0 Å². The highest BCUT2D eigenvalue weighted by atomic mass is 16.6. The monoisotopic (exact) mass is 259 g/mol. The maximum Gasteiger partial charge on any atom is 0.407 e. The number of carbonyl (C=O) groups excluding carboxylic acids is 1. The van der Waals surface area contributed by atoms with Gasteiger partial charge in [0.1, 0.15) is 5.60 Å². The third-order valence-corrected chi connectivity index (χ3v) is 2.90. The van der Waals surface area contributed by atoms with Gasteiger partial charge >= 0.3 is 6.09 Å². The van der Waals surface area contributed by atoms with Crippen LogP contribution in [0.2, 0.25) is 0 Å². The highest BCUT2D eigenvalue weighted by Crippen LogP contribution is 2.28. The topological polar surface area (TPSA) is 58.6 Å². The molecule has 0 unspecified atom stereocenters. The highest BCUT2D eigenvalue weighted by molar-refractivity contribution is 5.67. The number of rotatable bonds is 7. The number of aliphatic hydroxyl groups is 1. The minimum Gasteiger partial charge on any atom is -0.444 e. The molecule has 0 radical (unpaired) electrons. The van der Waals surface area contributed by atoms with Crippen molar-refractivity contribution < 1.29 is 14.6 Å². The summed E-state index contributed by atoms with van der Waals surface area (Å²) in [5.41, 5.74) is -0.693. The van der Waals surface area contributed by atoms with E-state index in [1.807, 2.05) is 20.8 Å². The second-order valence-corrected chi connectivity index (χ2v) is 6.01. The average molecular weight is 259 g/mol. The minimum atomic E-state index is -0.485. The largest absolute Gasteiger partial charge is 0.444 e. The molecule has 0 saturated heterocycles. The number of ether oxygens (including phenoxy) is 1. The summed E-state index contributed by atoms with van der Waals surface area (Å²) in [5, 5.41) is 12.4. The van der Waals surface area contributed by atoms with E-state index in [0.29, 0.717) is 6.54 Å². The summed E-state index contributed by atoms with van der Waals surface area (Å²) in [6.45, 7) is 10.3. The first-order valence-electron chi connectivity index (χ1n) is 6.86. The predicted octanol–water partition coefficient (Wildman–Crippen LogP) is 3.09. The zero-order chi connectivity index (χ0) is 14.2. The predicted molar refractivity (Wildman–Crippen MR) is 73.6 cm³/mol. The lowest BCUT2D eigenvalue weighted by Crippen LogP contribution is -2.42. The van der Waals surface area contributed by atoms with Crippen LogP contribution in [-0.4, -0.2) is 30.0 Å². The molecule has 0 aromatic carbocycles. The van der Waals surface area contributed by atoms with Crippen molar-refractivity contribution in [2.75, 3.05) is 13.2 Å². The summed E-state index contributed by atoms with van der Waals surface area (Å²) in [6, 6.07) is 0. The maximum absolute atomic E-state index is 11.6. The molecule has 0 bridgehead atoms. The molecule has 0 saturated carbocycles. The van der Waals surface area contributed by atoms with Gasteiger partial charge in [-0.3, -0.25) is 0 Å². The molecule has 18 heavy (non-hydrogen) atoms. The van der Waals surface area contributed by atoms with E-state index in [1.54, 1.807) is 0 Å². The number of hydrogen-bond donors (Lipinski definition) is 2. The van der Waals surface area contributed by atoms with Crippen LogP contribution in [0.3, 0.4) is 0 Å². The van der Waals surface area contributed by atoms with Gasteiger partial charge in [-0.05, 0) is 33.6 Å². The summed E-state index contributed by atoms with van der Waals surface area (Å²) in [7, 11) is 0. The fourth-order valence-corrected chi connectivity index (χ4v) is 2.15. The SMILES string of the molecule is CCCC(CO)(CCC)CNC(=O)OC(C)(C)C. The first-order chi connectivity index (χ1) is 8.28. The van der Waals surface area contributed by atoms with Gasteiger partial charge in [0.15, 0.2) is 0 Å². The molecule has 1 amide bonds. The van der Waals surface area contributed by atoms with E-state index < -0.39 is 11.7 Å². The Bertz CT molecular complexity index is 240. The molecular weight excluding hydrogens is 230 g/mol. The molecule has 0 fully saturated rings. The van der Waals surface area contributed by atoms with Crippen LogP contribution in [-0.2, 0) is 4.74 Å². The number of nitrogens with one attached hydrogen (secondary N) is 1. The van der Waals surface area contributed by atoms with Crippen LogP contribution in [0.15, 0.2) is 0 Å². The van der Waals surface area contributed by atoms with Crippen molar-refractivity contribution in [1.82, 2.24) is 5.32 Å². The second kappa shape index (κ2) is 7.62. The molecule has 0 aliphatic rings. The molecule has 0 aliphatic carbocycles. The van der Waals surface area contributed by atoms with Crippen molar-refractivity contribution in [1.29, 1.82) is 0 Å². The normalized spacial score (nSPS) is 12.3. The maximum atomic E-state index is 11.6. The lowest BCUT2D eigenvalue weighted by molar-refractivity contribution is 0.0443. The molecule has 0 aromatic rings. The number of alkyl carbamates (subject to hydrolysis) is 1. The van der Waals surface area contributed by atoms with Crippen molar-refractivity contribution >= 4 is 6.09 Å². The van der Waals surface area contributed by atoms with Crippen LogP contribution < -0.4 is 5.32 Å². The first kappa shape index (κ1) is 17.2. The van der Waals surface area contributed by atoms with Crippen LogP contribution in [0, 0.1) is 5.41 Å². The Balaban J connectivity index is 4.37. The lowest BCUT2D eigenvalue weighted by Gasteiger charge is -2.32. The summed E-state index contributed by atoms with van der Waals surface area (Å²) < 4.78 is 5.20. The van der Waals surface area contributed by atoms with Gasteiger partial charge in [0, 0.05) is 12.0 Å². The number of amides is 1. The van der Waals surface area contributed by atoms with E-state index in [9.17, 15) is 9.90 Å². The molecule has 108 valence electrons. The molecule has 4 nitrogen and oxygen atoms in total. The summed E-state index contributed by atoms with van der Waals surface area (Å²) in [6.07, 6.45) is 3.40. The molecule has 4 heteroatoms. The van der Waals surface area contributed by atoms with Gasteiger partial charge in [0.2, 0.25) is 0 Å². The van der Waals surface area contributed by atoms with Gasteiger partial charge in [-0.2, -0.15) is 0 Å². The van der Waals surface area contributed by atoms with Crippen LogP contribution in [0.4, 0.5) is 4.79 Å². The van der Waals surface area contributed by atoms with Crippen LogP contribution in [0.25, 0.3) is 0 Å². The van der Waals surface area contributed by atoms with Crippen LogP contribution in [0.5, 0.6) is 0 Å². The van der Waals surface area contributed by atoms with Crippen molar-refractivity contribution in [2.24, 2.45) is 5.41 Å². The van der Waals surface area contributed by atoms with Crippen LogP contribution >= 0.6 is 0 Å². The van der Waals surface area contributed by atoms with Crippen molar-refractivity contribution in [2.45, 2.75) is 65.9 Å². The van der Waals surface area contributed by atoms with Gasteiger partial charge in [-0.25, -0.2) is 4.79 Å². The molecule has 0 aromatic heterocycles. The minimum absolute atomic E-state index is 0.102. The Labute approximate surface area is 111 Å². The fourth-order valence-electron chi connectivity index (χ4n) is 2.15. The quantitative estimate of drug-likeness (QED) is 0.738. The van der Waals surface area contributed by atoms with E-state index in [2.05, 4.69) is 19.2 Å². The van der Waals surface area contributed by atoms with Crippen molar-refractivity contribution in [3.8, 4) is 0 Å². The highest BCUT2D eigenvalue weighted by Gasteiger charge is 2.29. The fraction of sp³-hybridized carbons (Fsp3) is 0.929.